The lowest BCUT2D eigenvalue weighted by Crippen LogP contribution is -2.11. The van der Waals surface area contributed by atoms with Gasteiger partial charge in [0, 0.05) is 13.2 Å². The van der Waals surface area contributed by atoms with Crippen LogP contribution in [0.3, 0.4) is 0 Å². The number of carbonyl (C=O) groups excluding carboxylic acids is 1. The largest absolute Gasteiger partial charge is 0.319 e. The summed E-state index contributed by atoms with van der Waals surface area (Å²) in [5, 5.41) is 11.1. The zero-order chi connectivity index (χ0) is 15.5. The van der Waals surface area contributed by atoms with Crippen LogP contribution in [-0.4, -0.2) is 25.5 Å². The van der Waals surface area contributed by atoms with Gasteiger partial charge in [-0.1, -0.05) is 30.3 Å². The summed E-state index contributed by atoms with van der Waals surface area (Å²) in [7, 11) is 1.76. The summed E-state index contributed by atoms with van der Waals surface area (Å²) < 4.78 is 4.01. The Morgan fingerprint density at radius 3 is 2.68 bits per heavy atom. The highest BCUT2D eigenvalue weighted by Gasteiger charge is 2.14. The molecule has 0 aliphatic carbocycles. The van der Waals surface area contributed by atoms with Gasteiger partial charge in [-0.2, -0.15) is 10.2 Å². The van der Waals surface area contributed by atoms with Crippen LogP contribution in [0.4, 0.5) is 5.69 Å². The second kappa shape index (κ2) is 6.15. The maximum atomic E-state index is 12.2. The molecule has 0 saturated carbocycles. The Morgan fingerprint density at radius 2 is 2.00 bits per heavy atom. The predicted octanol–water partition coefficient (Wildman–Crippen LogP) is 2.68. The first-order chi connectivity index (χ1) is 10.6. The SMILES string of the molecule is Cn1ncc(C(=O)Nc2cnn(Cc3ccccc3)c2)c1Br. The van der Waals surface area contributed by atoms with Crippen molar-refractivity contribution in [2.24, 2.45) is 7.05 Å². The summed E-state index contributed by atoms with van der Waals surface area (Å²) >= 11 is 3.33. The van der Waals surface area contributed by atoms with E-state index < -0.39 is 0 Å². The molecule has 0 spiro atoms. The van der Waals surface area contributed by atoms with E-state index in [2.05, 4.69) is 31.4 Å². The Hall–Kier alpha value is -2.41. The highest BCUT2D eigenvalue weighted by molar-refractivity contribution is 9.10. The minimum absolute atomic E-state index is 0.223. The molecule has 22 heavy (non-hydrogen) atoms. The topological polar surface area (TPSA) is 64.7 Å². The number of anilines is 1. The Morgan fingerprint density at radius 1 is 1.23 bits per heavy atom. The third-order valence-electron chi connectivity index (χ3n) is 3.19. The molecule has 0 bridgehead atoms. The second-order valence-electron chi connectivity index (χ2n) is 4.84. The summed E-state index contributed by atoms with van der Waals surface area (Å²) in [6.45, 7) is 0.660. The van der Waals surface area contributed by atoms with Crippen LogP contribution in [0.25, 0.3) is 0 Å². The number of hydrogen-bond acceptors (Lipinski definition) is 3. The van der Waals surface area contributed by atoms with E-state index in [1.807, 2.05) is 30.3 Å². The number of halogens is 1. The number of rotatable bonds is 4. The minimum Gasteiger partial charge on any atom is -0.319 e. The standard InChI is InChI=1S/C15H14BrN5O/c1-20-14(16)13(8-17-20)15(22)19-12-7-18-21(10-12)9-11-5-3-2-4-6-11/h2-8,10H,9H2,1H3,(H,19,22). The van der Waals surface area contributed by atoms with Gasteiger partial charge in [-0.05, 0) is 21.5 Å². The molecule has 112 valence electrons. The molecule has 6 nitrogen and oxygen atoms in total. The van der Waals surface area contributed by atoms with Gasteiger partial charge in [0.05, 0.1) is 30.2 Å². The maximum absolute atomic E-state index is 12.2. The summed E-state index contributed by atoms with van der Waals surface area (Å²) in [6, 6.07) is 10.0. The van der Waals surface area contributed by atoms with E-state index in [4.69, 9.17) is 0 Å². The molecule has 0 aliphatic heterocycles. The summed E-state index contributed by atoms with van der Waals surface area (Å²) in [5.74, 6) is -0.223. The maximum Gasteiger partial charge on any atom is 0.260 e. The monoisotopic (exact) mass is 359 g/mol. The van der Waals surface area contributed by atoms with E-state index in [1.165, 1.54) is 6.20 Å². The Labute approximate surface area is 135 Å². The number of amides is 1. The Kier molecular flexibility index (Phi) is 4.06. The average Bonchev–Trinajstić information content (AvgIpc) is 3.08. The van der Waals surface area contributed by atoms with Crippen molar-refractivity contribution in [2.75, 3.05) is 5.32 Å². The zero-order valence-electron chi connectivity index (χ0n) is 11.9. The molecule has 0 unspecified atom stereocenters. The molecular weight excluding hydrogens is 346 g/mol. The van der Waals surface area contributed by atoms with Crippen LogP contribution in [0.2, 0.25) is 0 Å². The van der Waals surface area contributed by atoms with E-state index in [1.54, 1.807) is 28.8 Å². The molecule has 3 aromatic rings. The molecule has 0 fully saturated rings. The molecule has 2 aromatic heterocycles. The normalized spacial score (nSPS) is 10.6. The number of nitrogens with one attached hydrogen (secondary N) is 1. The van der Waals surface area contributed by atoms with E-state index in [-0.39, 0.29) is 5.91 Å². The number of benzene rings is 1. The van der Waals surface area contributed by atoms with Gasteiger partial charge in [0.15, 0.2) is 0 Å². The third-order valence-corrected chi connectivity index (χ3v) is 4.13. The van der Waals surface area contributed by atoms with E-state index in [0.717, 1.165) is 5.56 Å². The lowest BCUT2D eigenvalue weighted by Gasteiger charge is -2.02. The number of nitrogens with zero attached hydrogens (tertiary/aromatic N) is 4. The van der Waals surface area contributed by atoms with Crippen molar-refractivity contribution < 1.29 is 4.79 Å². The lowest BCUT2D eigenvalue weighted by atomic mass is 10.2. The first-order valence-corrected chi connectivity index (χ1v) is 7.48. The van der Waals surface area contributed by atoms with Gasteiger partial charge in [0.25, 0.3) is 5.91 Å². The summed E-state index contributed by atoms with van der Waals surface area (Å²) in [4.78, 5) is 12.2. The van der Waals surface area contributed by atoms with Crippen molar-refractivity contribution in [3.8, 4) is 0 Å². The summed E-state index contributed by atoms with van der Waals surface area (Å²) in [5.41, 5.74) is 2.29. The lowest BCUT2D eigenvalue weighted by molar-refractivity contribution is 0.102. The van der Waals surface area contributed by atoms with Crippen LogP contribution in [0.1, 0.15) is 15.9 Å². The molecule has 0 atom stereocenters. The summed E-state index contributed by atoms with van der Waals surface area (Å²) in [6.07, 6.45) is 4.95. The third kappa shape index (κ3) is 3.09. The average molecular weight is 360 g/mol. The van der Waals surface area contributed by atoms with Crippen molar-refractivity contribution >= 4 is 27.5 Å². The molecule has 1 N–H and O–H groups in total. The van der Waals surface area contributed by atoms with E-state index >= 15 is 0 Å². The zero-order valence-corrected chi connectivity index (χ0v) is 13.5. The van der Waals surface area contributed by atoms with Gasteiger partial charge >= 0.3 is 0 Å². The van der Waals surface area contributed by atoms with Gasteiger partial charge in [-0.25, -0.2) is 0 Å². The first kappa shape index (κ1) is 14.5. The van der Waals surface area contributed by atoms with Crippen LogP contribution >= 0.6 is 15.9 Å². The number of aromatic nitrogens is 4. The van der Waals surface area contributed by atoms with Crippen LogP contribution < -0.4 is 5.32 Å². The molecule has 0 radical (unpaired) electrons. The predicted molar refractivity (Wildman–Crippen MR) is 86.6 cm³/mol. The quantitative estimate of drug-likeness (QED) is 0.778. The first-order valence-electron chi connectivity index (χ1n) is 6.69. The highest BCUT2D eigenvalue weighted by atomic mass is 79.9. The number of carbonyl (C=O) groups is 1. The molecule has 1 amide bonds. The van der Waals surface area contributed by atoms with Gasteiger partial charge in [-0.15, -0.1) is 0 Å². The Bertz CT molecular complexity index is 793. The van der Waals surface area contributed by atoms with Gasteiger partial charge in [0.2, 0.25) is 0 Å². The van der Waals surface area contributed by atoms with E-state index in [9.17, 15) is 4.79 Å². The smallest absolute Gasteiger partial charge is 0.260 e. The second-order valence-corrected chi connectivity index (χ2v) is 5.59. The van der Waals surface area contributed by atoms with Crippen LogP contribution in [0.5, 0.6) is 0 Å². The minimum atomic E-state index is -0.223. The van der Waals surface area contributed by atoms with Gasteiger partial charge in [-0.3, -0.25) is 14.2 Å². The van der Waals surface area contributed by atoms with Crippen LogP contribution in [0, 0.1) is 0 Å². The van der Waals surface area contributed by atoms with Crippen molar-refractivity contribution in [1.29, 1.82) is 0 Å². The molecular formula is C15H14BrN5O. The fraction of sp³-hybridized carbons (Fsp3) is 0.133. The van der Waals surface area contributed by atoms with Gasteiger partial charge < -0.3 is 5.32 Å². The highest BCUT2D eigenvalue weighted by Crippen LogP contribution is 2.17. The fourth-order valence-electron chi connectivity index (χ4n) is 2.06. The fourth-order valence-corrected chi connectivity index (χ4v) is 2.43. The molecule has 0 aliphatic rings. The van der Waals surface area contributed by atoms with Crippen LogP contribution in [0.15, 0.2) is 53.5 Å². The van der Waals surface area contributed by atoms with Crippen molar-refractivity contribution in [2.45, 2.75) is 6.54 Å². The number of aryl methyl sites for hydroxylation is 1. The number of hydrogen-bond donors (Lipinski definition) is 1. The van der Waals surface area contributed by atoms with Crippen molar-refractivity contribution in [3.63, 3.8) is 0 Å². The Balaban J connectivity index is 1.69. The van der Waals surface area contributed by atoms with Gasteiger partial charge in [0.1, 0.15) is 4.60 Å². The molecule has 0 saturated heterocycles. The van der Waals surface area contributed by atoms with Crippen molar-refractivity contribution in [1.82, 2.24) is 19.6 Å². The molecule has 3 rings (SSSR count). The molecule has 1 aromatic carbocycles. The van der Waals surface area contributed by atoms with Crippen LogP contribution in [-0.2, 0) is 13.6 Å². The van der Waals surface area contributed by atoms with E-state index in [0.29, 0.717) is 22.4 Å². The van der Waals surface area contributed by atoms with Crippen molar-refractivity contribution in [3.05, 3.63) is 64.7 Å². The molecule has 7 heteroatoms. The molecule has 2 heterocycles.